The minimum absolute atomic E-state index is 0.138. The lowest BCUT2D eigenvalue weighted by molar-refractivity contribution is -0.147. The van der Waals surface area contributed by atoms with Crippen LogP contribution in [-0.4, -0.2) is 24.5 Å². The molecule has 114 valence electrons. The van der Waals surface area contributed by atoms with Gasteiger partial charge in [0.2, 0.25) is 0 Å². The van der Waals surface area contributed by atoms with Gasteiger partial charge in [-0.3, -0.25) is 9.83 Å². The lowest BCUT2D eigenvalue weighted by Gasteiger charge is -2.27. The van der Waals surface area contributed by atoms with Crippen molar-refractivity contribution in [2.45, 2.75) is 20.0 Å². The Balaban J connectivity index is 2.06. The second-order valence-corrected chi connectivity index (χ2v) is 5.24. The van der Waals surface area contributed by atoms with Gasteiger partial charge in [0.25, 0.3) is 0 Å². The molecule has 2 rings (SSSR count). The Bertz CT molecular complexity index is 543. The van der Waals surface area contributed by atoms with Crippen molar-refractivity contribution < 1.29 is 9.23 Å². The number of halogens is 3. The lowest BCUT2D eigenvalue weighted by Crippen LogP contribution is -2.35. The molecule has 0 spiro atoms. The summed E-state index contributed by atoms with van der Waals surface area (Å²) in [6.07, 6.45) is 2.05. The summed E-state index contributed by atoms with van der Waals surface area (Å²) in [7, 11) is 0. The first-order valence-electron chi connectivity index (χ1n) is 6.60. The lowest BCUT2D eigenvalue weighted by atomic mass is 10.2. The minimum Gasteiger partial charge on any atom is -0.368 e. The van der Waals surface area contributed by atoms with Crippen molar-refractivity contribution in [3.05, 3.63) is 45.5 Å². The molecule has 0 amide bonds. The fraction of sp³-hybridized carbons (Fsp3) is 0.357. The quantitative estimate of drug-likeness (QED) is 0.858. The first-order valence-corrected chi connectivity index (χ1v) is 7.36. The second-order valence-electron chi connectivity index (χ2n) is 4.43. The standard InChI is InChI=1S/C14H16Cl2FN3O/c1-2-6-19-14-13(17)7-18-9-20(14)21-8-10-11(15)4-3-5-12(10)16/h3-5,7,19H,2,6,8-9H2,1H3. The molecule has 1 aromatic rings. The molecule has 0 bridgehead atoms. The van der Waals surface area contributed by atoms with Gasteiger partial charge in [0, 0.05) is 22.2 Å². The molecule has 0 atom stereocenters. The molecule has 0 saturated heterocycles. The summed E-state index contributed by atoms with van der Waals surface area (Å²) >= 11 is 12.2. The number of hydroxylamine groups is 2. The summed E-state index contributed by atoms with van der Waals surface area (Å²) in [6, 6.07) is 5.22. The first kappa shape index (κ1) is 16.1. The molecule has 0 radical (unpaired) electrons. The molecule has 0 aromatic heterocycles. The maximum Gasteiger partial charge on any atom is 0.183 e. The van der Waals surface area contributed by atoms with Crippen LogP contribution < -0.4 is 5.32 Å². The van der Waals surface area contributed by atoms with E-state index in [4.69, 9.17) is 28.0 Å². The van der Waals surface area contributed by atoms with Gasteiger partial charge in [0.05, 0.1) is 6.21 Å². The van der Waals surface area contributed by atoms with Crippen LogP contribution in [0, 0.1) is 0 Å². The highest BCUT2D eigenvalue weighted by Crippen LogP contribution is 2.26. The van der Waals surface area contributed by atoms with Gasteiger partial charge in [0.1, 0.15) is 13.3 Å². The molecule has 1 aromatic carbocycles. The molecular weight excluding hydrogens is 316 g/mol. The van der Waals surface area contributed by atoms with Crippen molar-refractivity contribution in [2.24, 2.45) is 4.99 Å². The summed E-state index contributed by atoms with van der Waals surface area (Å²) in [5, 5.41) is 5.37. The van der Waals surface area contributed by atoms with Crippen molar-refractivity contribution in [1.29, 1.82) is 0 Å². The number of aliphatic imine (C=N–C) groups is 1. The van der Waals surface area contributed by atoms with E-state index in [0.29, 0.717) is 22.2 Å². The average Bonchev–Trinajstić information content (AvgIpc) is 2.46. The van der Waals surface area contributed by atoms with Gasteiger partial charge in [-0.15, -0.1) is 0 Å². The van der Waals surface area contributed by atoms with Crippen molar-refractivity contribution in [3.63, 3.8) is 0 Å². The minimum atomic E-state index is -0.458. The van der Waals surface area contributed by atoms with E-state index in [9.17, 15) is 4.39 Å². The molecule has 7 heteroatoms. The molecule has 4 nitrogen and oxygen atoms in total. The van der Waals surface area contributed by atoms with Gasteiger partial charge in [-0.1, -0.05) is 36.2 Å². The van der Waals surface area contributed by atoms with E-state index in [2.05, 4.69) is 10.3 Å². The Morgan fingerprint density at radius 3 is 2.76 bits per heavy atom. The van der Waals surface area contributed by atoms with Crippen LogP contribution in [0.3, 0.4) is 0 Å². The van der Waals surface area contributed by atoms with E-state index < -0.39 is 5.83 Å². The number of benzene rings is 1. The zero-order chi connectivity index (χ0) is 15.2. The van der Waals surface area contributed by atoms with E-state index in [0.717, 1.165) is 6.42 Å². The summed E-state index contributed by atoms with van der Waals surface area (Å²) < 4.78 is 13.8. The van der Waals surface area contributed by atoms with Crippen molar-refractivity contribution in [3.8, 4) is 0 Å². The number of hydrogen-bond acceptors (Lipinski definition) is 4. The van der Waals surface area contributed by atoms with Gasteiger partial charge in [-0.25, -0.2) is 9.45 Å². The van der Waals surface area contributed by atoms with E-state index in [-0.39, 0.29) is 19.1 Å². The molecule has 0 fully saturated rings. The molecule has 1 heterocycles. The highest BCUT2D eigenvalue weighted by atomic mass is 35.5. The second kappa shape index (κ2) is 7.64. The van der Waals surface area contributed by atoms with Crippen LogP contribution in [0.15, 0.2) is 34.8 Å². The van der Waals surface area contributed by atoms with E-state index in [1.54, 1.807) is 18.2 Å². The molecule has 0 unspecified atom stereocenters. The monoisotopic (exact) mass is 331 g/mol. The number of allylic oxidation sites excluding steroid dienone is 1. The molecule has 0 aliphatic carbocycles. The molecule has 21 heavy (non-hydrogen) atoms. The topological polar surface area (TPSA) is 36.9 Å². The fourth-order valence-corrected chi connectivity index (χ4v) is 2.29. The summed E-state index contributed by atoms with van der Waals surface area (Å²) in [5.41, 5.74) is 0.658. The summed E-state index contributed by atoms with van der Waals surface area (Å²) in [4.78, 5) is 9.49. The largest absolute Gasteiger partial charge is 0.368 e. The Kier molecular flexibility index (Phi) is 5.85. The van der Waals surface area contributed by atoms with Gasteiger partial charge in [-0.2, -0.15) is 0 Å². The number of rotatable bonds is 6. The van der Waals surface area contributed by atoms with Crippen LogP contribution in [0.1, 0.15) is 18.9 Å². The zero-order valence-electron chi connectivity index (χ0n) is 11.6. The van der Waals surface area contributed by atoms with Crippen molar-refractivity contribution in [2.75, 3.05) is 13.2 Å². The SMILES string of the molecule is CCCNC1=C(F)C=NCN1OCc1c(Cl)cccc1Cl. The van der Waals surface area contributed by atoms with Crippen LogP contribution >= 0.6 is 23.2 Å². The van der Waals surface area contributed by atoms with Gasteiger partial charge in [-0.05, 0) is 18.6 Å². The zero-order valence-corrected chi connectivity index (χ0v) is 13.1. The Labute approximate surface area is 133 Å². The van der Waals surface area contributed by atoms with Crippen LogP contribution in [0.2, 0.25) is 10.0 Å². The predicted octanol–water partition coefficient (Wildman–Crippen LogP) is 3.91. The Hall–Kier alpha value is -1.30. The van der Waals surface area contributed by atoms with E-state index in [1.165, 1.54) is 11.3 Å². The Morgan fingerprint density at radius 2 is 2.10 bits per heavy atom. The predicted molar refractivity (Wildman–Crippen MR) is 82.9 cm³/mol. The third kappa shape index (κ3) is 4.09. The normalized spacial score (nSPS) is 14.8. The van der Waals surface area contributed by atoms with E-state index >= 15 is 0 Å². The summed E-state index contributed by atoms with van der Waals surface area (Å²) in [5.74, 6) is -0.185. The van der Waals surface area contributed by atoms with Gasteiger partial charge >= 0.3 is 0 Å². The van der Waals surface area contributed by atoms with Crippen LogP contribution in [0.4, 0.5) is 4.39 Å². The number of hydrogen-bond donors (Lipinski definition) is 1. The number of nitrogens with zero attached hydrogens (tertiary/aromatic N) is 2. The third-order valence-corrected chi connectivity index (χ3v) is 3.57. The molecule has 1 N–H and O–H groups in total. The van der Waals surface area contributed by atoms with E-state index in [1.807, 2.05) is 6.92 Å². The maximum atomic E-state index is 13.8. The number of nitrogens with one attached hydrogen (secondary N) is 1. The molecule has 0 saturated carbocycles. The Morgan fingerprint density at radius 1 is 1.38 bits per heavy atom. The van der Waals surface area contributed by atoms with Crippen LogP contribution in [0.25, 0.3) is 0 Å². The third-order valence-electron chi connectivity index (χ3n) is 2.86. The van der Waals surface area contributed by atoms with Crippen LogP contribution in [-0.2, 0) is 11.4 Å². The van der Waals surface area contributed by atoms with Crippen LogP contribution in [0.5, 0.6) is 0 Å². The van der Waals surface area contributed by atoms with Crippen molar-refractivity contribution >= 4 is 29.4 Å². The van der Waals surface area contributed by atoms with Gasteiger partial charge < -0.3 is 5.32 Å². The smallest absolute Gasteiger partial charge is 0.183 e. The fourth-order valence-electron chi connectivity index (χ4n) is 1.78. The van der Waals surface area contributed by atoms with Crippen molar-refractivity contribution in [1.82, 2.24) is 10.4 Å². The highest BCUT2D eigenvalue weighted by molar-refractivity contribution is 6.35. The van der Waals surface area contributed by atoms with Gasteiger partial charge in [0.15, 0.2) is 11.6 Å². The average molecular weight is 332 g/mol. The maximum absolute atomic E-state index is 13.8. The highest BCUT2D eigenvalue weighted by Gasteiger charge is 2.19. The molecule has 1 aliphatic rings. The summed E-state index contributed by atoms with van der Waals surface area (Å²) in [6.45, 7) is 2.99. The molecular formula is C14H16Cl2FN3O. The first-order chi connectivity index (χ1) is 10.1. The molecule has 1 aliphatic heterocycles.